The first-order chi connectivity index (χ1) is 11.1. The summed E-state index contributed by atoms with van der Waals surface area (Å²) in [6.07, 6.45) is -0.0460. The van der Waals surface area contributed by atoms with Crippen molar-refractivity contribution in [2.24, 2.45) is 5.92 Å². The maximum atomic E-state index is 10.6. The fraction of sp³-hybridized carbons (Fsp3) is 0.333. The molecule has 1 aliphatic heterocycles. The van der Waals surface area contributed by atoms with Crippen LogP contribution in [-0.2, 0) is 6.42 Å². The molecule has 0 aliphatic carbocycles. The number of phenols is 1. The first kappa shape index (κ1) is 15.5. The summed E-state index contributed by atoms with van der Waals surface area (Å²) in [5.74, 6) is 1.99. The summed E-state index contributed by atoms with van der Waals surface area (Å²) < 4.78 is 16.3. The third-order valence-electron chi connectivity index (χ3n) is 4.16. The molecule has 0 spiro atoms. The van der Waals surface area contributed by atoms with E-state index in [-0.39, 0.29) is 11.7 Å². The Kier molecular flexibility index (Phi) is 4.30. The predicted molar refractivity (Wildman–Crippen MR) is 85.3 cm³/mol. The van der Waals surface area contributed by atoms with E-state index >= 15 is 0 Å². The van der Waals surface area contributed by atoms with Crippen LogP contribution in [0.5, 0.6) is 23.0 Å². The van der Waals surface area contributed by atoms with Gasteiger partial charge in [0.2, 0.25) is 0 Å². The van der Waals surface area contributed by atoms with Gasteiger partial charge in [-0.25, -0.2) is 0 Å². The van der Waals surface area contributed by atoms with Crippen molar-refractivity contribution in [3.8, 4) is 23.0 Å². The normalized spacial score (nSPS) is 19.6. The number of aliphatic hydroxyl groups excluding tert-OH is 1. The van der Waals surface area contributed by atoms with E-state index in [1.165, 1.54) is 0 Å². The third kappa shape index (κ3) is 3.05. The second-order valence-electron chi connectivity index (χ2n) is 5.63. The fourth-order valence-corrected chi connectivity index (χ4v) is 2.92. The molecule has 0 amide bonds. The van der Waals surface area contributed by atoms with E-state index in [2.05, 4.69) is 0 Å². The van der Waals surface area contributed by atoms with Crippen molar-refractivity contribution in [3.63, 3.8) is 0 Å². The molecule has 3 rings (SSSR count). The van der Waals surface area contributed by atoms with Crippen molar-refractivity contribution in [1.82, 2.24) is 0 Å². The van der Waals surface area contributed by atoms with E-state index in [0.29, 0.717) is 35.8 Å². The third-order valence-corrected chi connectivity index (χ3v) is 4.16. The molecular weight excluding hydrogens is 296 g/mol. The van der Waals surface area contributed by atoms with E-state index in [9.17, 15) is 10.2 Å². The van der Waals surface area contributed by atoms with Crippen molar-refractivity contribution >= 4 is 0 Å². The van der Waals surface area contributed by atoms with E-state index in [1.54, 1.807) is 32.4 Å². The number of phenolic OH excluding ortho intramolecular Hbond substituents is 1. The lowest BCUT2D eigenvalue weighted by molar-refractivity contribution is 0.0505. The molecule has 23 heavy (non-hydrogen) atoms. The minimum absolute atomic E-state index is 0.0950. The van der Waals surface area contributed by atoms with Gasteiger partial charge in [0.15, 0.2) is 11.5 Å². The molecule has 2 aromatic rings. The molecule has 0 fully saturated rings. The average molecular weight is 316 g/mol. The summed E-state index contributed by atoms with van der Waals surface area (Å²) in [6, 6.07) is 10.5. The highest BCUT2D eigenvalue weighted by molar-refractivity contribution is 5.44. The number of ether oxygens (including phenoxy) is 3. The molecule has 0 bridgehead atoms. The standard InChI is InChI=1S/C18H20O5/c1-21-16-5-3-11(8-17(16)22-2)7-12-10-23-15-6-4-13(19)9-14(15)18(12)20/h3-6,8-9,12,18-20H,7,10H2,1-2H3/t12-,18+/m0/s1. The van der Waals surface area contributed by atoms with E-state index < -0.39 is 6.10 Å². The molecule has 1 aliphatic rings. The number of methoxy groups -OCH3 is 2. The molecule has 2 atom stereocenters. The number of benzene rings is 2. The lowest BCUT2D eigenvalue weighted by atomic mass is 9.88. The molecule has 2 N–H and O–H groups in total. The molecule has 1 heterocycles. The van der Waals surface area contributed by atoms with Gasteiger partial charge in [0.25, 0.3) is 0 Å². The maximum Gasteiger partial charge on any atom is 0.160 e. The largest absolute Gasteiger partial charge is 0.508 e. The Labute approximate surface area is 135 Å². The van der Waals surface area contributed by atoms with Crippen molar-refractivity contribution in [2.45, 2.75) is 12.5 Å². The summed E-state index contributed by atoms with van der Waals surface area (Å²) in [5.41, 5.74) is 1.65. The number of hydrogen-bond donors (Lipinski definition) is 2. The quantitative estimate of drug-likeness (QED) is 0.908. The number of fused-ring (bicyclic) bond motifs is 1. The van der Waals surface area contributed by atoms with Crippen LogP contribution in [0.25, 0.3) is 0 Å². The van der Waals surface area contributed by atoms with Crippen molar-refractivity contribution in [1.29, 1.82) is 0 Å². The molecular formula is C18H20O5. The predicted octanol–water partition coefficient (Wildman–Crippen LogP) is 2.69. The van der Waals surface area contributed by atoms with E-state index in [1.807, 2.05) is 18.2 Å². The second kappa shape index (κ2) is 6.38. The molecule has 0 saturated carbocycles. The number of hydrogen-bond acceptors (Lipinski definition) is 5. The molecule has 0 saturated heterocycles. The van der Waals surface area contributed by atoms with Crippen molar-refractivity contribution in [3.05, 3.63) is 47.5 Å². The van der Waals surface area contributed by atoms with Gasteiger partial charge in [-0.2, -0.15) is 0 Å². The van der Waals surface area contributed by atoms with Gasteiger partial charge in [0.1, 0.15) is 11.5 Å². The Hall–Kier alpha value is -2.40. The van der Waals surface area contributed by atoms with Crippen LogP contribution >= 0.6 is 0 Å². The van der Waals surface area contributed by atoms with Gasteiger partial charge in [-0.15, -0.1) is 0 Å². The summed E-state index contributed by atoms with van der Waals surface area (Å²) in [5, 5.41) is 20.2. The zero-order valence-electron chi connectivity index (χ0n) is 13.2. The Morgan fingerprint density at radius 3 is 2.61 bits per heavy atom. The topological polar surface area (TPSA) is 68.2 Å². The SMILES string of the molecule is COc1ccc(C[C@H]2COc3ccc(O)cc3[C@@H]2O)cc1OC. The van der Waals surface area contributed by atoms with Gasteiger partial charge in [-0.05, 0) is 42.3 Å². The van der Waals surface area contributed by atoms with Crippen LogP contribution in [0.3, 0.4) is 0 Å². The number of rotatable bonds is 4. The Bertz CT molecular complexity index is 698. The average Bonchev–Trinajstić information content (AvgIpc) is 2.57. The number of aliphatic hydroxyl groups is 1. The van der Waals surface area contributed by atoms with Gasteiger partial charge < -0.3 is 24.4 Å². The van der Waals surface area contributed by atoms with Gasteiger partial charge in [-0.3, -0.25) is 0 Å². The monoisotopic (exact) mass is 316 g/mol. The molecule has 122 valence electrons. The smallest absolute Gasteiger partial charge is 0.160 e. The van der Waals surface area contributed by atoms with Crippen molar-refractivity contribution < 1.29 is 24.4 Å². The molecule has 2 aromatic carbocycles. The highest BCUT2D eigenvalue weighted by Gasteiger charge is 2.30. The van der Waals surface area contributed by atoms with Crippen LogP contribution in [0, 0.1) is 5.92 Å². The summed E-state index contributed by atoms with van der Waals surface area (Å²) in [6.45, 7) is 0.424. The van der Waals surface area contributed by atoms with Gasteiger partial charge in [-0.1, -0.05) is 6.07 Å². The lowest BCUT2D eigenvalue weighted by Gasteiger charge is -2.30. The molecule has 5 heteroatoms. The molecule has 0 unspecified atom stereocenters. The van der Waals surface area contributed by atoms with E-state index in [4.69, 9.17) is 14.2 Å². The van der Waals surface area contributed by atoms with Crippen LogP contribution < -0.4 is 14.2 Å². The highest BCUT2D eigenvalue weighted by Crippen LogP contribution is 2.39. The lowest BCUT2D eigenvalue weighted by Crippen LogP contribution is -2.27. The van der Waals surface area contributed by atoms with E-state index in [0.717, 1.165) is 5.56 Å². The van der Waals surface area contributed by atoms with Crippen LogP contribution in [-0.4, -0.2) is 31.0 Å². The van der Waals surface area contributed by atoms with Crippen LogP contribution in [0.15, 0.2) is 36.4 Å². The molecule has 5 nitrogen and oxygen atoms in total. The minimum Gasteiger partial charge on any atom is -0.508 e. The Morgan fingerprint density at radius 1 is 1.09 bits per heavy atom. The minimum atomic E-state index is -0.682. The van der Waals surface area contributed by atoms with Gasteiger partial charge in [0.05, 0.1) is 26.9 Å². The Balaban J connectivity index is 1.81. The summed E-state index contributed by atoms with van der Waals surface area (Å²) >= 11 is 0. The fourth-order valence-electron chi connectivity index (χ4n) is 2.92. The second-order valence-corrected chi connectivity index (χ2v) is 5.63. The molecule has 0 aromatic heterocycles. The zero-order valence-corrected chi connectivity index (χ0v) is 13.2. The zero-order chi connectivity index (χ0) is 16.4. The van der Waals surface area contributed by atoms with Crippen LogP contribution in [0.1, 0.15) is 17.2 Å². The summed E-state index contributed by atoms with van der Waals surface area (Å²) in [4.78, 5) is 0. The maximum absolute atomic E-state index is 10.6. The van der Waals surface area contributed by atoms with Gasteiger partial charge in [0, 0.05) is 11.5 Å². The molecule has 0 radical (unpaired) electrons. The van der Waals surface area contributed by atoms with Crippen LogP contribution in [0.2, 0.25) is 0 Å². The van der Waals surface area contributed by atoms with Gasteiger partial charge >= 0.3 is 0 Å². The first-order valence-corrected chi connectivity index (χ1v) is 7.47. The number of aromatic hydroxyl groups is 1. The highest BCUT2D eigenvalue weighted by atomic mass is 16.5. The first-order valence-electron chi connectivity index (χ1n) is 7.47. The summed E-state index contributed by atoms with van der Waals surface area (Å²) in [7, 11) is 3.19. The Morgan fingerprint density at radius 2 is 1.87 bits per heavy atom. The van der Waals surface area contributed by atoms with Crippen molar-refractivity contribution in [2.75, 3.05) is 20.8 Å². The van der Waals surface area contributed by atoms with Crippen LogP contribution in [0.4, 0.5) is 0 Å².